The summed E-state index contributed by atoms with van der Waals surface area (Å²) in [6, 6.07) is 4.64. The number of hydrogen-bond acceptors (Lipinski definition) is 2. The fourth-order valence-electron chi connectivity index (χ4n) is 1.34. The van der Waals surface area contributed by atoms with Gasteiger partial charge in [-0.15, -0.1) is 0 Å². The van der Waals surface area contributed by atoms with Crippen LogP contribution in [0.2, 0.25) is 0 Å². The van der Waals surface area contributed by atoms with E-state index in [0.717, 1.165) is 0 Å². The van der Waals surface area contributed by atoms with Crippen molar-refractivity contribution >= 4 is 23.0 Å². The minimum absolute atomic E-state index is 0.106. The highest BCUT2D eigenvalue weighted by Crippen LogP contribution is 2.17. The van der Waals surface area contributed by atoms with Crippen LogP contribution in [0.15, 0.2) is 36.9 Å². The quantitative estimate of drug-likeness (QED) is 0.779. The molecule has 0 bridgehead atoms. The molecule has 3 N–H and O–H groups in total. The van der Waals surface area contributed by atoms with Crippen molar-refractivity contribution in [3.8, 4) is 5.69 Å². The molecule has 4 nitrogen and oxygen atoms in total. The van der Waals surface area contributed by atoms with Crippen molar-refractivity contribution in [2.24, 2.45) is 5.73 Å². The maximum atomic E-state index is 13.7. The summed E-state index contributed by atoms with van der Waals surface area (Å²) in [7, 11) is 0. The second-order valence-corrected chi connectivity index (χ2v) is 3.57. The van der Waals surface area contributed by atoms with E-state index in [1.807, 2.05) is 0 Å². The van der Waals surface area contributed by atoms with E-state index in [-0.39, 0.29) is 10.9 Å². The summed E-state index contributed by atoms with van der Waals surface area (Å²) >= 11 is 4.66. The largest absolute Gasteiger partial charge is 0.376 e. The molecule has 1 aromatic heterocycles. The van der Waals surface area contributed by atoms with Gasteiger partial charge in [0.05, 0.1) is 12.0 Å². The summed E-state index contributed by atoms with van der Waals surface area (Å²) < 4.78 is 15.3. The predicted molar refractivity (Wildman–Crippen MR) is 63.9 cm³/mol. The van der Waals surface area contributed by atoms with Gasteiger partial charge in [0.1, 0.15) is 5.82 Å². The minimum Gasteiger partial charge on any atom is -0.376 e. The third-order valence-electron chi connectivity index (χ3n) is 2.00. The molecule has 0 fully saturated rings. The zero-order chi connectivity index (χ0) is 11.5. The van der Waals surface area contributed by atoms with Gasteiger partial charge in [-0.1, -0.05) is 0 Å². The highest BCUT2D eigenvalue weighted by molar-refractivity contribution is 7.80. The lowest BCUT2D eigenvalue weighted by molar-refractivity contribution is 0.618. The van der Waals surface area contributed by atoms with Gasteiger partial charge < -0.3 is 15.6 Å². The Labute approximate surface area is 96.9 Å². The fourth-order valence-corrected chi connectivity index (χ4v) is 1.46. The van der Waals surface area contributed by atoms with Gasteiger partial charge in [-0.05, 0) is 30.4 Å². The third-order valence-corrected chi connectivity index (χ3v) is 2.10. The Balaban J connectivity index is 2.34. The number of nitrogens with one attached hydrogen (secondary N) is 1. The number of imidazole rings is 1. The molecule has 0 aliphatic carbocycles. The van der Waals surface area contributed by atoms with Gasteiger partial charge in [0, 0.05) is 18.1 Å². The van der Waals surface area contributed by atoms with Crippen molar-refractivity contribution in [3.05, 3.63) is 42.7 Å². The van der Waals surface area contributed by atoms with Crippen LogP contribution in [0.1, 0.15) is 0 Å². The number of aromatic nitrogens is 2. The number of hydrogen-bond donors (Lipinski definition) is 2. The maximum absolute atomic E-state index is 13.7. The summed E-state index contributed by atoms with van der Waals surface area (Å²) in [5.41, 5.74) is 6.23. The minimum atomic E-state index is -0.376. The van der Waals surface area contributed by atoms with Crippen LogP contribution in [0.4, 0.5) is 10.1 Å². The van der Waals surface area contributed by atoms with Crippen LogP contribution in [-0.2, 0) is 0 Å². The van der Waals surface area contributed by atoms with Gasteiger partial charge in [-0.25, -0.2) is 9.37 Å². The normalized spacial score (nSPS) is 10.1. The van der Waals surface area contributed by atoms with Crippen molar-refractivity contribution in [3.63, 3.8) is 0 Å². The number of nitrogens with zero attached hydrogens (tertiary/aromatic N) is 2. The summed E-state index contributed by atoms with van der Waals surface area (Å²) in [4.78, 5) is 3.85. The van der Waals surface area contributed by atoms with Crippen molar-refractivity contribution in [2.75, 3.05) is 5.32 Å². The smallest absolute Gasteiger partial charge is 0.168 e. The first kappa shape index (κ1) is 10.6. The van der Waals surface area contributed by atoms with E-state index in [1.165, 1.54) is 12.4 Å². The monoisotopic (exact) mass is 236 g/mol. The van der Waals surface area contributed by atoms with E-state index in [9.17, 15) is 4.39 Å². The average molecular weight is 236 g/mol. The lowest BCUT2D eigenvalue weighted by atomic mass is 10.2. The molecule has 0 amide bonds. The molecule has 0 radical (unpaired) electrons. The molecule has 2 aromatic rings. The Bertz CT molecular complexity index is 510. The van der Waals surface area contributed by atoms with E-state index < -0.39 is 0 Å². The molecule has 1 heterocycles. The average Bonchev–Trinajstić information content (AvgIpc) is 2.69. The zero-order valence-corrected chi connectivity index (χ0v) is 9.04. The first-order valence-electron chi connectivity index (χ1n) is 4.51. The number of rotatable bonds is 2. The van der Waals surface area contributed by atoms with Crippen LogP contribution in [-0.4, -0.2) is 14.7 Å². The molecule has 0 saturated heterocycles. The number of halogens is 1. The number of anilines is 1. The van der Waals surface area contributed by atoms with Gasteiger partial charge in [0.2, 0.25) is 0 Å². The van der Waals surface area contributed by atoms with Crippen molar-refractivity contribution < 1.29 is 4.39 Å². The number of nitrogens with two attached hydrogens (primary N) is 1. The third kappa shape index (κ3) is 2.17. The Morgan fingerprint density at radius 3 is 2.88 bits per heavy atom. The number of benzene rings is 1. The highest BCUT2D eigenvalue weighted by Gasteiger charge is 2.05. The van der Waals surface area contributed by atoms with Crippen molar-refractivity contribution in [1.29, 1.82) is 0 Å². The van der Waals surface area contributed by atoms with Gasteiger partial charge >= 0.3 is 0 Å². The van der Waals surface area contributed by atoms with Crippen LogP contribution in [0.25, 0.3) is 5.69 Å². The molecular weight excluding hydrogens is 227 g/mol. The second-order valence-electron chi connectivity index (χ2n) is 3.13. The topological polar surface area (TPSA) is 55.9 Å². The molecule has 2 rings (SSSR count). The van der Waals surface area contributed by atoms with E-state index in [4.69, 9.17) is 5.73 Å². The van der Waals surface area contributed by atoms with Crippen molar-refractivity contribution in [1.82, 2.24) is 9.55 Å². The van der Waals surface area contributed by atoms with Crippen LogP contribution in [0.3, 0.4) is 0 Å². The van der Waals surface area contributed by atoms with Gasteiger partial charge in [-0.3, -0.25) is 0 Å². The molecule has 0 saturated carbocycles. The van der Waals surface area contributed by atoms with E-state index in [2.05, 4.69) is 22.5 Å². The lowest BCUT2D eigenvalue weighted by Gasteiger charge is -2.07. The van der Waals surface area contributed by atoms with Gasteiger partial charge in [0.25, 0.3) is 0 Å². The van der Waals surface area contributed by atoms with Gasteiger partial charge in [0.15, 0.2) is 5.11 Å². The van der Waals surface area contributed by atoms with Crippen molar-refractivity contribution in [2.45, 2.75) is 0 Å². The second kappa shape index (κ2) is 4.28. The van der Waals surface area contributed by atoms with Crippen LogP contribution in [0, 0.1) is 5.82 Å². The lowest BCUT2D eigenvalue weighted by Crippen LogP contribution is -2.19. The molecule has 1 aromatic carbocycles. The SMILES string of the molecule is NC(=S)Nc1ccc(-n2ccnc2)c(F)c1. The zero-order valence-electron chi connectivity index (χ0n) is 8.22. The Morgan fingerprint density at radius 1 is 1.50 bits per heavy atom. The van der Waals surface area contributed by atoms with Crippen LogP contribution >= 0.6 is 12.2 Å². The Morgan fingerprint density at radius 2 is 2.31 bits per heavy atom. The predicted octanol–water partition coefficient (Wildman–Crippen LogP) is 1.67. The van der Waals surface area contributed by atoms with E-state index in [1.54, 1.807) is 29.1 Å². The Hall–Kier alpha value is -1.95. The molecule has 0 atom stereocenters. The molecule has 82 valence electrons. The van der Waals surface area contributed by atoms with Crippen LogP contribution in [0.5, 0.6) is 0 Å². The summed E-state index contributed by atoms with van der Waals surface area (Å²) in [6.07, 6.45) is 4.78. The van der Waals surface area contributed by atoms with E-state index in [0.29, 0.717) is 11.4 Å². The molecule has 0 spiro atoms. The fraction of sp³-hybridized carbons (Fsp3) is 0. The number of thiocarbonyl (C=S) groups is 1. The highest BCUT2D eigenvalue weighted by atomic mass is 32.1. The maximum Gasteiger partial charge on any atom is 0.168 e. The molecule has 0 aliphatic heterocycles. The standard InChI is InChI=1S/C10H9FN4S/c11-8-5-7(14-10(12)16)1-2-9(8)15-4-3-13-6-15/h1-6H,(H3,12,14,16). The summed E-state index contributed by atoms with van der Waals surface area (Å²) in [5.74, 6) is -0.376. The molecular formula is C10H9FN4S. The van der Waals surface area contributed by atoms with E-state index >= 15 is 0 Å². The molecule has 0 aliphatic rings. The summed E-state index contributed by atoms with van der Waals surface area (Å²) in [6.45, 7) is 0. The first-order valence-corrected chi connectivity index (χ1v) is 4.92. The first-order chi connectivity index (χ1) is 7.66. The molecule has 0 unspecified atom stereocenters. The summed E-state index contributed by atoms with van der Waals surface area (Å²) in [5, 5.41) is 2.77. The Kier molecular flexibility index (Phi) is 2.82. The van der Waals surface area contributed by atoms with Gasteiger partial charge in [-0.2, -0.15) is 0 Å². The molecule has 6 heteroatoms. The molecule has 16 heavy (non-hydrogen) atoms. The van der Waals surface area contributed by atoms with Crippen LogP contribution < -0.4 is 11.1 Å².